The summed E-state index contributed by atoms with van der Waals surface area (Å²) in [6.07, 6.45) is 2.33. The van der Waals surface area contributed by atoms with Gasteiger partial charge in [-0.15, -0.1) is 11.3 Å². The van der Waals surface area contributed by atoms with Crippen LogP contribution in [0.5, 0.6) is 0 Å². The highest BCUT2D eigenvalue weighted by molar-refractivity contribution is 7.89. The molecule has 0 saturated heterocycles. The van der Waals surface area contributed by atoms with Crippen molar-refractivity contribution in [1.82, 2.24) is 15.1 Å². The van der Waals surface area contributed by atoms with Crippen molar-refractivity contribution in [1.29, 1.82) is 0 Å². The third-order valence-corrected chi connectivity index (χ3v) is 4.71. The van der Waals surface area contributed by atoms with E-state index in [0.717, 1.165) is 23.4 Å². The van der Waals surface area contributed by atoms with E-state index in [1.165, 1.54) is 5.56 Å². The molecule has 2 aromatic heterocycles. The molecule has 120 valence electrons. The van der Waals surface area contributed by atoms with Crippen molar-refractivity contribution in [2.45, 2.75) is 18.6 Å². The molecule has 6 nitrogen and oxygen atoms in total. The molecule has 0 aliphatic carbocycles. The van der Waals surface area contributed by atoms with Gasteiger partial charge in [-0.2, -0.15) is 4.98 Å². The predicted octanol–water partition coefficient (Wildman–Crippen LogP) is 2.25. The van der Waals surface area contributed by atoms with Gasteiger partial charge in [0.15, 0.2) is 15.7 Å². The Morgan fingerprint density at radius 3 is 2.65 bits per heavy atom. The Hall–Kier alpha value is -2.06. The zero-order valence-electron chi connectivity index (χ0n) is 12.5. The van der Waals surface area contributed by atoms with E-state index in [0.29, 0.717) is 12.3 Å². The van der Waals surface area contributed by atoms with E-state index < -0.39 is 9.84 Å². The summed E-state index contributed by atoms with van der Waals surface area (Å²) in [5.74, 6) is 0.342. The van der Waals surface area contributed by atoms with Crippen LogP contribution >= 0.6 is 11.3 Å². The van der Waals surface area contributed by atoms with Crippen LogP contribution in [0.2, 0.25) is 0 Å². The first kappa shape index (κ1) is 15.8. The molecule has 0 bridgehead atoms. The third kappa shape index (κ3) is 4.70. The number of benzene rings is 1. The average Bonchev–Trinajstić information content (AvgIpc) is 3.09. The molecule has 0 unspecified atom stereocenters. The lowest BCUT2D eigenvalue weighted by Crippen LogP contribution is -2.02. The number of nitrogens with zero attached hydrogens (tertiary/aromatic N) is 3. The van der Waals surface area contributed by atoms with Crippen molar-refractivity contribution in [3.8, 4) is 0 Å². The third-order valence-electron chi connectivity index (χ3n) is 3.03. The largest absolute Gasteiger partial charge is 0.339 e. The Morgan fingerprint density at radius 1 is 1.13 bits per heavy atom. The number of rotatable bonds is 6. The molecule has 0 fully saturated rings. The Kier molecular flexibility index (Phi) is 4.53. The molecule has 0 aliphatic heterocycles. The van der Waals surface area contributed by atoms with Crippen LogP contribution in [0, 0.1) is 0 Å². The molecule has 0 spiro atoms. The molecule has 0 aliphatic rings. The van der Waals surface area contributed by atoms with Crippen LogP contribution in [0.25, 0.3) is 0 Å². The van der Waals surface area contributed by atoms with Crippen LogP contribution in [-0.2, 0) is 28.4 Å². The van der Waals surface area contributed by atoms with Gasteiger partial charge in [-0.1, -0.05) is 35.5 Å². The molecule has 23 heavy (non-hydrogen) atoms. The molecular weight excluding hydrogens is 334 g/mol. The number of aromatic nitrogens is 3. The van der Waals surface area contributed by atoms with E-state index in [1.807, 2.05) is 23.6 Å². The molecule has 2 heterocycles. The predicted molar refractivity (Wildman–Crippen MR) is 87.0 cm³/mol. The summed E-state index contributed by atoms with van der Waals surface area (Å²) >= 11 is 1.58. The SMILES string of the molecule is CS(=O)(=O)Cc1noc(Cc2csc(Cc3ccccc3)n2)n1. The fraction of sp³-hybridized carbons (Fsp3) is 0.267. The lowest BCUT2D eigenvalue weighted by molar-refractivity contribution is 0.380. The number of thiazole rings is 1. The topological polar surface area (TPSA) is 86.0 Å². The maximum atomic E-state index is 11.2. The van der Waals surface area contributed by atoms with E-state index in [1.54, 1.807) is 11.3 Å². The second-order valence-corrected chi connectivity index (χ2v) is 8.33. The molecule has 0 saturated carbocycles. The minimum absolute atomic E-state index is 0.183. The molecule has 1 aromatic carbocycles. The number of hydrogen-bond acceptors (Lipinski definition) is 7. The van der Waals surface area contributed by atoms with Gasteiger partial charge >= 0.3 is 0 Å². The zero-order valence-corrected chi connectivity index (χ0v) is 14.1. The Balaban J connectivity index is 1.65. The zero-order chi connectivity index (χ0) is 16.3. The molecule has 0 radical (unpaired) electrons. The molecule has 8 heteroatoms. The maximum Gasteiger partial charge on any atom is 0.232 e. The summed E-state index contributed by atoms with van der Waals surface area (Å²) in [5.41, 5.74) is 2.05. The van der Waals surface area contributed by atoms with Crippen molar-refractivity contribution in [3.63, 3.8) is 0 Å². The fourth-order valence-electron chi connectivity index (χ4n) is 2.09. The minimum atomic E-state index is -3.17. The number of sulfone groups is 1. The Morgan fingerprint density at radius 2 is 1.91 bits per heavy atom. The normalized spacial score (nSPS) is 11.7. The highest BCUT2D eigenvalue weighted by Crippen LogP contribution is 2.17. The van der Waals surface area contributed by atoms with E-state index in [9.17, 15) is 8.42 Å². The highest BCUT2D eigenvalue weighted by atomic mass is 32.2. The second kappa shape index (κ2) is 6.59. The van der Waals surface area contributed by atoms with Gasteiger partial charge in [0.05, 0.1) is 17.1 Å². The standard InChI is InChI=1S/C15H15N3O3S2/c1-23(19,20)10-13-17-14(21-18-13)8-12-9-22-15(16-12)7-11-5-3-2-4-6-11/h2-6,9H,7-8,10H2,1H3. The van der Waals surface area contributed by atoms with Crippen molar-refractivity contribution in [2.24, 2.45) is 0 Å². The van der Waals surface area contributed by atoms with Gasteiger partial charge in [0, 0.05) is 18.1 Å². The summed E-state index contributed by atoms with van der Waals surface area (Å²) in [4.78, 5) is 8.65. The van der Waals surface area contributed by atoms with Crippen LogP contribution in [0.15, 0.2) is 40.2 Å². The first-order chi connectivity index (χ1) is 11.0. The van der Waals surface area contributed by atoms with Crippen LogP contribution in [0.3, 0.4) is 0 Å². The Bertz CT molecular complexity index is 886. The first-order valence-electron chi connectivity index (χ1n) is 6.94. The van der Waals surface area contributed by atoms with Gasteiger partial charge in [0.25, 0.3) is 0 Å². The fourth-order valence-corrected chi connectivity index (χ4v) is 3.51. The van der Waals surface area contributed by atoms with E-state index in [4.69, 9.17) is 4.52 Å². The van der Waals surface area contributed by atoms with Gasteiger partial charge in [-0.25, -0.2) is 13.4 Å². The first-order valence-corrected chi connectivity index (χ1v) is 9.88. The summed E-state index contributed by atoms with van der Waals surface area (Å²) in [6, 6.07) is 10.1. The van der Waals surface area contributed by atoms with Crippen LogP contribution in [-0.4, -0.2) is 29.8 Å². The van der Waals surface area contributed by atoms with E-state index in [2.05, 4.69) is 27.3 Å². The van der Waals surface area contributed by atoms with Crippen molar-refractivity contribution in [3.05, 3.63) is 63.7 Å². The lowest BCUT2D eigenvalue weighted by Gasteiger charge is -1.96. The van der Waals surface area contributed by atoms with Gasteiger partial charge in [0.1, 0.15) is 5.75 Å². The summed E-state index contributed by atoms with van der Waals surface area (Å²) < 4.78 is 27.5. The van der Waals surface area contributed by atoms with Crippen molar-refractivity contribution >= 4 is 21.2 Å². The molecule has 3 aromatic rings. The maximum absolute atomic E-state index is 11.2. The summed E-state index contributed by atoms with van der Waals surface area (Å²) in [5, 5.41) is 6.66. The Labute approximate surface area is 138 Å². The summed E-state index contributed by atoms with van der Waals surface area (Å²) in [6.45, 7) is 0. The van der Waals surface area contributed by atoms with Crippen molar-refractivity contribution < 1.29 is 12.9 Å². The monoisotopic (exact) mass is 349 g/mol. The van der Waals surface area contributed by atoms with Gasteiger partial charge in [-0.05, 0) is 5.56 Å². The molecule has 0 N–H and O–H groups in total. The molecular formula is C15H15N3O3S2. The quantitative estimate of drug-likeness (QED) is 0.678. The van der Waals surface area contributed by atoms with E-state index in [-0.39, 0.29) is 11.6 Å². The van der Waals surface area contributed by atoms with Crippen LogP contribution in [0.4, 0.5) is 0 Å². The van der Waals surface area contributed by atoms with Gasteiger partial charge < -0.3 is 4.52 Å². The van der Waals surface area contributed by atoms with Gasteiger partial charge in [0.2, 0.25) is 5.89 Å². The second-order valence-electron chi connectivity index (χ2n) is 5.25. The molecule has 0 atom stereocenters. The van der Waals surface area contributed by atoms with Gasteiger partial charge in [-0.3, -0.25) is 0 Å². The lowest BCUT2D eigenvalue weighted by atomic mass is 10.2. The average molecular weight is 349 g/mol. The molecule has 0 amide bonds. The van der Waals surface area contributed by atoms with Crippen molar-refractivity contribution in [2.75, 3.05) is 6.26 Å². The smallest absolute Gasteiger partial charge is 0.232 e. The summed E-state index contributed by atoms with van der Waals surface area (Å²) in [7, 11) is -3.17. The van der Waals surface area contributed by atoms with E-state index >= 15 is 0 Å². The minimum Gasteiger partial charge on any atom is -0.339 e. The number of hydrogen-bond donors (Lipinski definition) is 0. The highest BCUT2D eigenvalue weighted by Gasteiger charge is 2.13. The molecule has 3 rings (SSSR count). The van der Waals surface area contributed by atoms with Crippen LogP contribution < -0.4 is 0 Å². The van der Waals surface area contributed by atoms with Crippen LogP contribution in [0.1, 0.15) is 28.0 Å².